The van der Waals surface area contributed by atoms with Gasteiger partial charge in [-0.05, 0) is 37.8 Å². The average Bonchev–Trinajstić information content (AvgIpc) is 3.13. The molecule has 0 saturated carbocycles. The molecule has 4 unspecified atom stereocenters. The lowest BCUT2D eigenvalue weighted by molar-refractivity contribution is -0.137. The van der Waals surface area contributed by atoms with E-state index in [4.69, 9.17) is 9.66 Å². The average molecular weight is 608 g/mol. The highest BCUT2D eigenvalue weighted by Crippen LogP contribution is 2.54. The van der Waals surface area contributed by atoms with Crippen LogP contribution < -0.4 is 0 Å². The van der Waals surface area contributed by atoms with Crippen LogP contribution in [-0.4, -0.2) is 72.5 Å². The van der Waals surface area contributed by atoms with Gasteiger partial charge in [0.25, 0.3) is 10.1 Å². The summed E-state index contributed by atoms with van der Waals surface area (Å²) >= 11 is 0. The molecule has 224 valence electrons. The lowest BCUT2D eigenvalue weighted by Gasteiger charge is -2.36. The Labute approximate surface area is 243 Å². The Balaban J connectivity index is 1.91. The van der Waals surface area contributed by atoms with Crippen molar-refractivity contribution in [3.63, 3.8) is 0 Å². The molecule has 1 fully saturated rings. The third-order valence-electron chi connectivity index (χ3n) is 7.78. The van der Waals surface area contributed by atoms with Crippen LogP contribution in [0.1, 0.15) is 58.3 Å². The summed E-state index contributed by atoms with van der Waals surface area (Å²) in [5.41, 5.74) is 0.149. The molecule has 0 spiro atoms. The van der Waals surface area contributed by atoms with Gasteiger partial charge in [0, 0.05) is 37.1 Å². The lowest BCUT2D eigenvalue weighted by atomic mass is 9.68. The molecule has 1 heterocycles. The van der Waals surface area contributed by atoms with Crippen LogP contribution in [-0.2, 0) is 25.0 Å². The number of unbranched alkanes of at least 4 members (excludes halogenated alkanes) is 3. The van der Waals surface area contributed by atoms with Gasteiger partial charge in [-0.1, -0.05) is 50.1 Å². The summed E-state index contributed by atoms with van der Waals surface area (Å²) in [7, 11) is -8.66. The fraction of sp³-hybridized carbons (Fsp3) is 0.517. The van der Waals surface area contributed by atoms with Gasteiger partial charge in [0.15, 0.2) is 6.08 Å². The summed E-state index contributed by atoms with van der Waals surface area (Å²) in [4.78, 5) is 17.4. The van der Waals surface area contributed by atoms with E-state index in [1.165, 1.54) is 6.08 Å². The highest BCUT2D eigenvalue weighted by Gasteiger charge is 2.61. The van der Waals surface area contributed by atoms with Gasteiger partial charge in [-0.3, -0.25) is 23.8 Å². The van der Waals surface area contributed by atoms with E-state index in [0.717, 1.165) is 5.69 Å². The number of nitrogens with zero attached hydrogens (tertiary/aromatic N) is 2. The van der Waals surface area contributed by atoms with E-state index >= 15 is 0 Å². The molecule has 41 heavy (non-hydrogen) atoms. The highest BCUT2D eigenvalue weighted by atomic mass is 32.2. The van der Waals surface area contributed by atoms with Gasteiger partial charge in [0.2, 0.25) is 4.91 Å². The van der Waals surface area contributed by atoms with Crippen molar-refractivity contribution in [2.45, 2.75) is 70.4 Å². The number of aliphatic carboxylic acids is 1. The third-order valence-corrected chi connectivity index (χ3v) is 9.51. The lowest BCUT2D eigenvalue weighted by Crippen LogP contribution is -2.39. The number of para-hydroxylation sites is 1. The van der Waals surface area contributed by atoms with Crippen LogP contribution in [0, 0.1) is 17.4 Å². The van der Waals surface area contributed by atoms with E-state index in [2.05, 4.69) is 16.0 Å². The van der Waals surface area contributed by atoms with Gasteiger partial charge >= 0.3 is 16.1 Å². The zero-order valence-electron chi connectivity index (χ0n) is 23.2. The number of allylic oxidation sites excluding steroid dienone is 3. The summed E-state index contributed by atoms with van der Waals surface area (Å²) in [6.45, 7) is 2.42. The van der Waals surface area contributed by atoms with Crippen molar-refractivity contribution >= 4 is 38.1 Å². The van der Waals surface area contributed by atoms with Gasteiger partial charge in [-0.2, -0.15) is 16.8 Å². The summed E-state index contributed by atoms with van der Waals surface area (Å²) in [6.07, 6.45) is 15.5. The predicted octanol–water partition coefficient (Wildman–Crippen LogP) is 4.86. The number of carboxylic acid groups (broad SMARTS) is 1. The normalized spacial score (nSPS) is 25.0. The minimum Gasteiger partial charge on any atom is -0.481 e. The number of benzene rings is 1. The molecule has 0 amide bonds. The standard InChI is InChI=1S/C29H38N2O8S2/c1-29(19-8-3-6-18-27(32)33)26(17-7-9-20-30-23-13-4-2-5-14-23)31(21-10-11-22-40(34,35)36)24-15-12-16-25(28(24)29)41(37,38)39/h2,4-5,7,12-15,17,20,24,26,28H,3,6,8-11,18-19,21-22H2,1H3,(H2-,32,33,34,35,36,37,38,39)/p+1. The SMILES string of the molecule is CC1(CCCCCC(=O)O)C2C(S(=O)(=O)O)=[C+]C=CC2N(CCCCS(=O)(=O)O)C1C=CCC=Nc1ccccc1. The second-order valence-electron chi connectivity index (χ2n) is 10.8. The summed E-state index contributed by atoms with van der Waals surface area (Å²) < 4.78 is 66.8. The molecule has 10 nitrogen and oxygen atoms in total. The smallest absolute Gasteiger partial charge is 0.319 e. The molecule has 12 heteroatoms. The van der Waals surface area contributed by atoms with Gasteiger partial charge in [0.1, 0.15) is 12.1 Å². The van der Waals surface area contributed by atoms with Crippen LogP contribution in [0.5, 0.6) is 0 Å². The van der Waals surface area contributed by atoms with Crippen molar-refractivity contribution in [3.05, 3.63) is 65.6 Å². The van der Waals surface area contributed by atoms with Crippen molar-refractivity contribution in [1.82, 2.24) is 4.90 Å². The summed E-state index contributed by atoms with van der Waals surface area (Å²) in [5, 5.41) is 9.00. The Kier molecular flexibility index (Phi) is 11.5. The third kappa shape index (κ3) is 9.39. The molecule has 0 bridgehead atoms. The first kappa shape index (κ1) is 32.8. The van der Waals surface area contributed by atoms with Crippen molar-refractivity contribution in [3.8, 4) is 0 Å². The van der Waals surface area contributed by atoms with E-state index in [-0.39, 0.29) is 29.5 Å². The molecule has 1 aliphatic heterocycles. The molecule has 1 aromatic carbocycles. The Bertz CT molecular complexity index is 1370. The Morgan fingerprint density at radius 3 is 2.46 bits per heavy atom. The van der Waals surface area contributed by atoms with E-state index in [1.54, 1.807) is 6.21 Å². The molecule has 4 atom stereocenters. The fourth-order valence-corrected chi connectivity index (χ4v) is 7.48. The minimum atomic E-state index is -4.56. The van der Waals surface area contributed by atoms with E-state index in [0.29, 0.717) is 45.1 Å². The maximum Gasteiger partial charge on any atom is 0.319 e. The zero-order chi connectivity index (χ0) is 30.1. The molecule has 2 aliphatic rings. The predicted molar refractivity (Wildman–Crippen MR) is 158 cm³/mol. The number of fused-ring (bicyclic) bond motifs is 1. The second kappa shape index (κ2) is 14.4. The maximum absolute atomic E-state index is 12.5. The number of hydrogen-bond acceptors (Lipinski definition) is 7. The molecule has 1 aliphatic carbocycles. The number of rotatable bonds is 16. The molecular weight excluding hydrogens is 568 g/mol. The first-order chi connectivity index (χ1) is 19.3. The first-order valence-corrected chi connectivity index (χ1v) is 16.8. The summed E-state index contributed by atoms with van der Waals surface area (Å²) in [5.74, 6) is -1.85. The van der Waals surface area contributed by atoms with Crippen molar-refractivity contribution in [1.29, 1.82) is 0 Å². The number of hydrogen-bond donors (Lipinski definition) is 3. The van der Waals surface area contributed by atoms with Crippen LogP contribution >= 0.6 is 0 Å². The Hall–Kier alpha value is -2.73. The van der Waals surface area contributed by atoms with Crippen molar-refractivity contribution in [2.24, 2.45) is 16.3 Å². The number of likely N-dealkylation sites (tertiary alicyclic amines) is 1. The summed E-state index contributed by atoms with van der Waals surface area (Å²) in [6, 6.07) is 8.81. The quantitative estimate of drug-likeness (QED) is 0.0783. The molecular formula is C29H39N2O8S2+. The maximum atomic E-state index is 12.5. The van der Waals surface area contributed by atoms with Gasteiger partial charge in [0.05, 0.1) is 23.4 Å². The number of carbonyl (C=O) groups is 1. The molecule has 1 saturated heterocycles. The van der Waals surface area contributed by atoms with Crippen LogP contribution in [0.25, 0.3) is 0 Å². The number of carboxylic acids is 1. The van der Waals surface area contributed by atoms with Gasteiger partial charge < -0.3 is 5.11 Å². The van der Waals surface area contributed by atoms with E-state index < -0.39 is 43.6 Å². The largest absolute Gasteiger partial charge is 0.481 e. The molecule has 0 aromatic heterocycles. The van der Waals surface area contributed by atoms with Crippen LogP contribution in [0.15, 0.2) is 64.5 Å². The molecule has 3 N–H and O–H groups in total. The van der Waals surface area contributed by atoms with Crippen LogP contribution in [0.3, 0.4) is 0 Å². The van der Waals surface area contributed by atoms with E-state index in [9.17, 15) is 26.2 Å². The zero-order valence-corrected chi connectivity index (χ0v) is 24.8. The highest BCUT2D eigenvalue weighted by molar-refractivity contribution is 7.89. The molecule has 1 aromatic rings. The topological polar surface area (TPSA) is 162 Å². The monoisotopic (exact) mass is 607 g/mol. The Morgan fingerprint density at radius 1 is 1.07 bits per heavy atom. The van der Waals surface area contributed by atoms with Crippen molar-refractivity contribution in [2.75, 3.05) is 12.3 Å². The van der Waals surface area contributed by atoms with Crippen molar-refractivity contribution < 1.29 is 35.8 Å². The van der Waals surface area contributed by atoms with Crippen LogP contribution in [0.2, 0.25) is 0 Å². The fourth-order valence-electron chi connectivity index (χ4n) is 5.96. The van der Waals surface area contributed by atoms with Gasteiger partial charge in [-0.15, -0.1) is 0 Å². The van der Waals surface area contributed by atoms with Gasteiger partial charge in [-0.25, -0.2) is 0 Å². The number of aliphatic imine (C=N–C) groups is 1. The second-order valence-corrected chi connectivity index (χ2v) is 13.7. The first-order valence-electron chi connectivity index (χ1n) is 13.8. The van der Waals surface area contributed by atoms with E-state index in [1.807, 2.05) is 55.5 Å². The molecule has 3 rings (SSSR count). The van der Waals surface area contributed by atoms with Crippen LogP contribution in [0.4, 0.5) is 5.69 Å². The molecule has 0 radical (unpaired) electrons. The Morgan fingerprint density at radius 2 is 1.80 bits per heavy atom. The minimum absolute atomic E-state index is 0.0550.